The number of fused-ring (bicyclic) bond motifs is 1. The number of benzene rings is 2. The molecule has 3 rings (SSSR count). The quantitative estimate of drug-likeness (QED) is 0.855. The molecule has 0 spiro atoms. The van der Waals surface area contributed by atoms with E-state index >= 15 is 0 Å². The van der Waals surface area contributed by atoms with E-state index in [2.05, 4.69) is 6.92 Å². The first kappa shape index (κ1) is 15.7. The summed E-state index contributed by atoms with van der Waals surface area (Å²) in [5, 5.41) is 0.630. The molecule has 1 atom stereocenters. The van der Waals surface area contributed by atoms with Gasteiger partial charge < -0.3 is 14.4 Å². The minimum Gasteiger partial charge on any atom is -0.493 e. The predicted molar refractivity (Wildman–Crippen MR) is 90.3 cm³/mol. The number of anilines is 1. The number of methoxy groups -OCH3 is 2. The zero-order valence-corrected chi connectivity index (χ0v) is 13.8. The highest BCUT2D eigenvalue weighted by Gasteiger charge is 2.32. The molecule has 0 saturated heterocycles. The van der Waals surface area contributed by atoms with Crippen LogP contribution in [-0.4, -0.2) is 20.1 Å². The third kappa shape index (κ3) is 2.75. The second-order valence-corrected chi connectivity index (χ2v) is 5.78. The van der Waals surface area contributed by atoms with E-state index in [4.69, 9.17) is 21.1 Å². The molecule has 4 nitrogen and oxygen atoms in total. The summed E-state index contributed by atoms with van der Waals surface area (Å²) < 4.78 is 10.6. The normalized spacial score (nSPS) is 14.6. The van der Waals surface area contributed by atoms with Gasteiger partial charge in [-0.25, -0.2) is 0 Å². The number of carbonyl (C=O) groups excluding carboxylic acids is 1. The van der Waals surface area contributed by atoms with E-state index in [9.17, 15) is 4.79 Å². The van der Waals surface area contributed by atoms with Gasteiger partial charge in [0.05, 0.1) is 26.7 Å². The van der Waals surface area contributed by atoms with Crippen molar-refractivity contribution in [2.75, 3.05) is 19.1 Å². The molecule has 23 heavy (non-hydrogen) atoms. The fourth-order valence-corrected chi connectivity index (χ4v) is 3.06. The van der Waals surface area contributed by atoms with Gasteiger partial charge in [0.15, 0.2) is 11.5 Å². The van der Waals surface area contributed by atoms with Crippen molar-refractivity contribution in [3.63, 3.8) is 0 Å². The zero-order chi connectivity index (χ0) is 16.6. The Labute approximate surface area is 140 Å². The summed E-state index contributed by atoms with van der Waals surface area (Å²) in [7, 11) is 3.17. The topological polar surface area (TPSA) is 38.8 Å². The Morgan fingerprint density at radius 2 is 1.87 bits per heavy atom. The Kier molecular flexibility index (Phi) is 4.18. The van der Waals surface area contributed by atoms with Crippen molar-refractivity contribution in [1.82, 2.24) is 0 Å². The van der Waals surface area contributed by atoms with Gasteiger partial charge in [0.2, 0.25) is 5.91 Å². The highest BCUT2D eigenvalue weighted by atomic mass is 35.5. The molecule has 2 aromatic rings. The zero-order valence-electron chi connectivity index (χ0n) is 13.0. The van der Waals surface area contributed by atoms with Crippen LogP contribution in [-0.2, 0) is 11.2 Å². The Morgan fingerprint density at radius 3 is 2.57 bits per heavy atom. The molecule has 1 aliphatic rings. The number of ether oxygens (including phenoxy) is 2. The van der Waals surface area contributed by atoms with Crippen molar-refractivity contribution in [3.05, 3.63) is 59.5 Å². The molecule has 0 bridgehead atoms. The summed E-state index contributed by atoms with van der Waals surface area (Å²) >= 11 is 6.01. The number of carbonyl (C=O) groups is 1. The summed E-state index contributed by atoms with van der Waals surface area (Å²) in [5.41, 5.74) is 2.66. The molecule has 0 fully saturated rings. The molecule has 0 N–H and O–H groups in total. The van der Waals surface area contributed by atoms with Gasteiger partial charge in [-0.2, -0.15) is 0 Å². The number of amides is 1. The number of halogens is 1. The van der Waals surface area contributed by atoms with Gasteiger partial charge in [0.1, 0.15) is 0 Å². The first-order chi connectivity index (χ1) is 11.0. The van der Waals surface area contributed by atoms with E-state index < -0.39 is 0 Å². The molecule has 0 saturated carbocycles. The first-order valence-corrected chi connectivity index (χ1v) is 7.58. The summed E-state index contributed by atoms with van der Waals surface area (Å²) in [4.78, 5) is 14.1. The lowest BCUT2D eigenvalue weighted by Gasteiger charge is -2.26. The van der Waals surface area contributed by atoms with Crippen LogP contribution in [0.25, 0.3) is 0 Å². The fraction of sp³-hybridized carbons (Fsp3) is 0.222. The van der Waals surface area contributed by atoms with Crippen LogP contribution >= 0.6 is 11.6 Å². The highest BCUT2D eigenvalue weighted by molar-refractivity contribution is 6.30. The van der Waals surface area contributed by atoms with Crippen LogP contribution in [0.3, 0.4) is 0 Å². The molecule has 1 unspecified atom stereocenters. The van der Waals surface area contributed by atoms with E-state index in [0.717, 1.165) is 16.8 Å². The van der Waals surface area contributed by atoms with Crippen molar-refractivity contribution < 1.29 is 14.3 Å². The molecule has 1 radical (unpaired) electrons. The van der Waals surface area contributed by atoms with E-state index in [1.807, 2.05) is 30.3 Å². The molecule has 5 heteroatoms. The minimum atomic E-state index is -0.357. The number of rotatable bonds is 4. The molecule has 119 valence electrons. The van der Waals surface area contributed by atoms with Gasteiger partial charge in [-0.3, -0.25) is 4.79 Å². The Balaban J connectivity index is 1.98. The van der Waals surface area contributed by atoms with Crippen LogP contribution in [0.1, 0.15) is 17.2 Å². The highest BCUT2D eigenvalue weighted by Crippen LogP contribution is 2.38. The summed E-state index contributed by atoms with van der Waals surface area (Å²) in [6, 6.07) is 10.7. The molecule has 1 aliphatic heterocycles. The Hall–Kier alpha value is -2.20. The minimum absolute atomic E-state index is 0.0112. The largest absolute Gasteiger partial charge is 0.493 e. The molecule has 1 amide bonds. The van der Waals surface area contributed by atoms with E-state index in [-0.39, 0.29) is 11.9 Å². The lowest BCUT2D eigenvalue weighted by atomic mass is 10.1. The van der Waals surface area contributed by atoms with Crippen molar-refractivity contribution in [1.29, 1.82) is 0 Å². The van der Waals surface area contributed by atoms with Gasteiger partial charge in [0, 0.05) is 10.7 Å². The number of nitrogens with zero attached hydrogens (tertiary/aromatic N) is 1. The van der Waals surface area contributed by atoms with Crippen LogP contribution in [0.2, 0.25) is 5.02 Å². The summed E-state index contributed by atoms with van der Waals surface area (Å²) in [6.07, 6.45) is 0.342. The maximum Gasteiger partial charge on any atom is 0.232 e. The second-order valence-electron chi connectivity index (χ2n) is 5.34. The predicted octanol–water partition coefficient (Wildman–Crippen LogP) is 3.82. The van der Waals surface area contributed by atoms with Crippen LogP contribution < -0.4 is 14.4 Å². The van der Waals surface area contributed by atoms with Gasteiger partial charge in [-0.15, -0.1) is 0 Å². The Morgan fingerprint density at radius 1 is 1.13 bits per heavy atom. The standard InChI is InChI=1S/C18H17ClNO3/c1-11(12-4-7-16(22-2)17(9-12)23-3)20-15-6-5-14(19)8-13(15)10-18(20)21/h4-9,11H,1,10H2,2-3H3. The van der Waals surface area contributed by atoms with Gasteiger partial charge in [-0.1, -0.05) is 17.7 Å². The summed E-state index contributed by atoms with van der Waals surface area (Å²) in [6.45, 7) is 4.17. The Bertz CT molecular complexity index is 760. The van der Waals surface area contributed by atoms with Crippen molar-refractivity contribution in [2.24, 2.45) is 0 Å². The molecular formula is C18H17ClNO3. The van der Waals surface area contributed by atoms with Crippen LogP contribution in [0.15, 0.2) is 36.4 Å². The van der Waals surface area contributed by atoms with E-state index in [0.29, 0.717) is 22.9 Å². The van der Waals surface area contributed by atoms with E-state index in [1.165, 1.54) is 0 Å². The summed E-state index contributed by atoms with van der Waals surface area (Å²) in [5.74, 6) is 1.27. The fourth-order valence-electron chi connectivity index (χ4n) is 2.86. The maximum absolute atomic E-state index is 12.4. The average molecular weight is 331 g/mol. The van der Waals surface area contributed by atoms with Crippen LogP contribution in [0, 0.1) is 6.92 Å². The van der Waals surface area contributed by atoms with Crippen molar-refractivity contribution in [3.8, 4) is 11.5 Å². The maximum atomic E-state index is 12.4. The third-order valence-electron chi connectivity index (χ3n) is 4.02. The molecule has 1 heterocycles. The average Bonchev–Trinajstić information content (AvgIpc) is 2.88. The molecule has 0 aliphatic carbocycles. The lowest BCUT2D eigenvalue weighted by Crippen LogP contribution is -2.30. The van der Waals surface area contributed by atoms with Crippen LogP contribution in [0.4, 0.5) is 5.69 Å². The number of hydrogen-bond acceptors (Lipinski definition) is 3. The van der Waals surface area contributed by atoms with Gasteiger partial charge in [0.25, 0.3) is 0 Å². The van der Waals surface area contributed by atoms with Crippen LogP contribution in [0.5, 0.6) is 11.5 Å². The van der Waals surface area contributed by atoms with Crippen molar-refractivity contribution >= 4 is 23.2 Å². The number of hydrogen-bond donors (Lipinski definition) is 0. The SMILES string of the molecule is [CH2]C(c1ccc(OC)c(OC)c1)N1C(=O)Cc2cc(Cl)ccc21. The third-order valence-corrected chi connectivity index (χ3v) is 4.25. The van der Waals surface area contributed by atoms with Crippen molar-refractivity contribution in [2.45, 2.75) is 12.5 Å². The smallest absolute Gasteiger partial charge is 0.232 e. The molecule has 2 aromatic carbocycles. The molecular weight excluding hydrogens is 314 g/mol. The lowest BCUT2D eigenvalue weighted by molar-refractivity contribution is -0.117. The van der Waals surface area contributed by atoms with Gasteiger partial charge in [-0.05, 0) is 48.4 Å². The monoisotopic (exact) mass is 330 g/mol. The first-order valence-electron chi connectivity index (χ1n) is 7.20. The second kappa shape index (κ2) is 6.13. The van der Waals surface area contributed by atoms with Gasteiger partial charge >= 0.3 is 0 Å². The molecule has 0 aromatic heterocycles. The van der Waals surface area contributed by atoms with E-state index in [1.54, 1.807) is 25.2 Å².